The number of amides is 2. The SMILES string of the molecule is COC(=O)NC(Cc1ccccc1)C(=O)NC(Cc1ccc(OS(N)(=O)=O)cc1)c1csc(-c2ccco2)n1. The van der Waals surface area contributed by atoms with Gasteiger partial charge in [-0.15, -0.1) is 11.3 Å². The molecule has 4 aromatic rings. The van der Waals surface area contributed by atoms with Gasteiger partial charge in [0, 0.05) is 11.8 Å². The van der Waals surface area contributed by atoms with E-state index < -0.39 is 34.4 Å². The van der Waals surface area contributed by atoms with Crippen LogP contribution in [0.2, 0.25) is 0 Å². The lowest BCUT2D eigenvalue weighted by Crippen LogP contribution is -2.49. The van der Waals surface area contributed by atoms with Gasteiger partial charge < -0.3 is 24.0 Å². The second-order valence-corrected chi connectivity index (χ2v) is 10.4. The highest BCUT2D eigenvalue weighted by Gasteiger charge is 2.26. The smallest absolute Gasteiger partial charge is 0.407 e. The molecular formula is C26H26N4O7S2. The second-order valence-electron chi connectivity index (χ2n) is 8.42. The van der Waals surface area contributed by atoms with Crippen molar-refractivity contribution in [3.05, 3.63) is 95.2 Å². The quantitative estimate of drug-likeness (QED) is 0.247. The molecule has 0 saturated heterocycles. The Kier molecular flexibility index (Phi) is 8.96. The van der Waals surface area contributed by atoms with Gasteiger partial charge in [-0.05, 0) is 41.8 Å². The maximum Gasteiger partial charge on any atom is 0.407 e. The molecule has 2 heterocycles. The van der Waals surface area contributed by atoms with Crippen molar-refractivity contribution in [3.63, 3.8) is 0 Å². The zero-order valence-corrected chi connectivity index (χ0v) is 22.4. The molecule has 0 saturated carbocycles. The topological polar surface area (TPSA) is 163 Å². The number of nitrogens with one attached hydrogen (secondary N) is 2. The zero-order valence-electron chi connectivity index (χ0n) is 20.8. The summed E-state index contributed by atoms with van der Waals surface area (Å²) in [5, 5.41) is 13.0. The van der Waals surface area contributed by atoms with Crippen molar-refractivity contribution in [3.8, 4) is 16.5 Å². The molecule has 2 unspecified atom stereocenters. The summed E-state index contributed by atoms with van der Waals surface area (Å²) in [6.45, 7) is 0. The fourth-order valence-electron chi connectivity index (χ4n) is 3.77. The Morgan fingerprint density at radius 1 is 1.00 bits per heavy atom. The van der Waals surface area contributed by atoms with E-state index in [0.29, 0.717) is 22.9 Å². The summed E-state index contributed by atoms with van der Waals surface area (Å²) in [5.74, 6) is 0.215. The molecule has 0 spiro atoms. The predicted molar refractivity (Wildman–Crippen MR) is 144 cm³/mol. The number of methoxy groups -OCH3 is 1. The van der Waals surface area contributed by atoms with Gasteiger partial charge in [-0.3, -0.25) is 4.79 Å². The van der Waals surface area contributed by atoms with Crippen LogP contribution in [0, 0.1) is 0 Å². The first kappa shape index (κ1) is 27.8. The normalized spacial score (nSPS) is 12.8. The summed E-state index contributed by atoms with van der Waals surface area (Å²) in [4.78, 5) is 30.2. The Morgan fingerprint density at radius 2 is 1.72 bits per heavy atom. The molecule has 204 valence electrons. The summed E-state index contributed by atoms with van der Waals surface area (Å²) in [7, 11) is -2.93. The highest BCUT2D eigenvalue weighted by Crippen LogP contribution is 2.28. The summed E-state index contributed by atoms with van der Waals surface area (Å²) in [5.41, 5.74) is 2.20. The molecule has 39 heavy (non-hydrogen) atoms. The summed E-state index contributed by atoms with van der Waals surface area (Å²) in [6, 6.07) is 17.5. The lowest BCUT2D eigenvalue weighted by atomic mass is 10.0. The van der Waals surface area contributed by atoms with Crippen LogP contribution in [-0.2, 0) is 32.7 Å². The molecule has 11 nitrogen and oxygen atoms in total. The number of aromatic nitrogens is 1. The van der Waals surface area contributed by atoms with Crippen molar-refractivity contribution >= 4 is 33.6 Å². The molecule has 0 fully saturated rings. The number of alkyl carbamates (subject to hydrolysis) is 1. The van der Waals surface area contributed by atoms with Crippen molar-refractivity contribution in [2.45, 2.75) is 24.9 Å². The molecule has 0 radical (unpaired) electrons. The molecule has 4 N–H and O–H groups in total. The van der Waals surface area contributed by atoms with Gasteiger partial charge in [-0.2, -0.15) is 13.6 Å². The van der Waals surface area contributed by atoms with E-state index in [9.17, 15) is 18.0 Å². The van der Waals surface area contributed by atoms with Crippen LogP contribution in [0.4, 0.5) is 4.79 Å². The van der Waals surface area contributed by atoms with Crippen LogP contribution in [0.25, 0.3) is 10.8 Å². The molecule has 0 bridgehead atoms. The molecule has 2 aromatic carbocycles. The summed E-state index contributed by atoms with van der Waals surface area (Å²) in [6.07, 6.45) is 1.36. The maximum atomic E-state index is 13.5. The highest BCUT2D eigenvalue weighted by atomic mass is 32.2. The van der Waals surface area contributed by atoms with Crippen molar-refractivity contribution in [2.24, 2.45) is 5.14 Å². The van der Waals surface area contributed by atoms with Crippen LogP contribution in [0.5, 0.6) is 5.75 Å². The van der Waals surface area contributed by atoms with Crippen molar-refractivity contribution in [1.29, 1.82) is 0 Å². The van der Waals surface area contributed by atoms with Gasteiger partial charge in [0.15, 0.2) is 10.8 Å². The Morgan fingerprint density at radius 3 is 2.36 bits per heavy atom. The minimum Gasteiger partial charge on any atom is -0.462 e. The number of hydrogen-bond donors (Lipinski definition) is 3. The summed E-state index contributed by atoms with van der Waals surface area (Å²) >= 11 is 1.36. The van der Waals surface area contributed by atoms with E-state index in [1.807, 2.05) is 35.7 Å². The number of thiazole rings is 1. The molecular weight excluding hydrogens is 544 g/mol. The third-order valence-electron chi connectivity index (χ3n) is 5.58. The monoisotopic (exact) mass is 570 g/mol. The second kappa shape index (κ2) is 12.6. The van der Waals surface area contributed by atoms with Gasteiger partial charge >= 0.3 is 16.4 Å². The molecule has 0 aliphatic carbocycles. The van der Waals surface area contributed by atoms with E-state index in [1.54, 1.807) is 30.5 Å². The number of nitrogens with two attached hydrogens (primary N) is 1. The van der Waals surface area contributed by atoms with Crippen molar-refractivity contribution in [2.75, 3.05) is 7.11 Å². The number of carbonyl (C=O) groups is 2. The fourth-order valence-corrected chi connectivity index (χ4v) is 4.99. The Bertz CT molecular complexity index is 1490. The Labute approximate surface area is 229 Å². The number of ether oxygens (including phenoxy) is 1. The summed E-state index contributed by atoms with van der Waals surface area (Å²) < 4.78 is 37.3. The van der Waals surface area contributed by atoms with Crippen LogP contribution in [0.1, 0.15) is 22.9 Å². The Balaban J connectivity index is 1.59. The number of furan rings is 1. The third-order valence-corrected chi connectivity index (χ3v) is 6.88. The first-order valence-corrected chi connectivity index (χ1v) is 14.0. The standard InChI is InChI=1S/C26H26N4O7S2/c1-35-26(32)30-21(15-17-6-3-2-4-7-17)24(31)28-20(22-16-38-25(29-22)23-8-5-13-36-23)14-18-9-11-19(12-10-18)37-39(27,33)34/h2-13,16,20-21H,14-15H2,1H3,(H,28,31)(H,30,32)(H2,27,33,34). The molecule has 0 aliphatic rings. The largest absolute Gasteiger partial charge is 0.462 e. The third kappa shape index (κ3) is 8.14. The van der Waals surface area contributed by atoms with Gasteiger partial charge in [0.25, 0.3) is 0 Å². The number of hydrogen-bond acceptors (Lipinski definition) is 9. The van der Waals surface area contributed by atoms with E-state index in [2.05, 4.69) is 15.6 Å². The molecule has 2 aromatic heterocycles. The van der Waals surface area contributed by atoms with Crippen LogP contribution in [0.15, 0.2) is 82.8 Å². The average Bonchev–Trinajstić information content (AvgIpc) is 3.61. The molecule has 0 aliphatic heterocycles. The van der Waals surface area contributed by atoms with Gasteiger partial charge in [0.05, 0.1) is 25.1 Å². The van der Waals surface area contributed by atoms with Crippen LogP contribution in [0.3, 0.4) is 0 Å². The molecule has 2 amide bonds. The van der Waals surface area contributed by atoms with Gasteiger partial charge in [0.2, 0.25) is 5.91 Å². The maximum absolute atomic E-state index is 13.5. The van der Waals surface area contributed by atoms with Gasteiger partial charge in [-0.1, -0.05) is 42.5 Å². The number of benzene rings is 2. The van der Waals surface area contributed by atoms with Gasteiger partial charge in [0.1, 0.15) is 11.8 Å². The van der Waals surface area contributed by atoms with Crippen LogP contribution < -0.4 is 20.0 Å². The lowest BCUT2D eigenvalue weighted by Gasteiger charge is -2.23. The van der Waals surface area contributed by atoms with E-state index in [4.69, 9.17) is 18.5 Å². The number of nitrogens with zero attached hydrogens (tertiary/aromatic N) is 1. The predicted octanol–water partition coefficient (Wildman–Crippen LogP) is 3.35. The van der Waals surface area contributed by atoms with Crippen molar-refractivity contribution in [1.82, 2.24) is 15.6 Å². The number of rotatable bonds is 11. The van der Waals surface area contributed by atoms with Gasteiger partial charge in [-0.25, -0.2) is 9.78 Å². The fraction of sp³-hybridized carbons (Fsp3) is 0.192. The molecule has 2 atom stereocenters. The zero-order chi connectivity index (χ0) is 27.8. The molecule has 13 heteroatoms. The number of carbonyl (C=O) groups excluding carboxylic acids is 2. The van der Waals surface area contributed by atoms with E-state index in [0.717, 1.165) is 11.1 Å². The lowest BCUT2D eigenvalue weighted by molar-refractivity contribution is -0.123. The van der Waals surface area contributed by atoms with Crippen LogP contribution >= 0.6 is 11.3 Å². The van der Waals surface area contributed by atoms with E-state index in [1.165, 1.54) is 30.6 Å². The minimum atomic E-state index is -4.16. The molecule has 4 rings (SSSR count). The van der Waals surface area contributed by atoms with E-state index in [-0.39, 0.29) is 12.2 Å². The Hall–Kier alpha value is -4.20. The first-order valence-electron chi connectivity index (χ1n) is 11.7. The van der Waals surface area contributed by atoms with E-state index >= 15 is 0 Å². The minimum absolute atomic E-state index is 0.0563. The average molecular weight is 571 g/mol. The highest BCUT2D eigenvalue weighted by molar-refractivity contribution is 7.84. The van der Waals surface area contributed by atoms with Crippen LogP contribution in [-0.4, -0.2) is 38.6 Å². The first-order chi connectivity index (χ1) is 18.7. The van der Waals surface area contributed by atoms with Crippen molar-refractivity contribution < 1.29 is 31.3 Å².